The Labute approximate surface area is 48.5 Å². The molecule has 0 aromatic heterocycles. The van der Waals surface area contributed by atoms with Gasteiger partial charge in [-0.3, -0.25) is 0 Å². The van der Waals surface area contributed by atoms with Gasteiger partial charge in [0.25, 0.3) is 0 Å². The van der Waals surface area contributed by atoms with E-state index in [1.807, 2.05) is 5.01 Å². The molecule has 0 amide bonds. The van der Waals surface area contributed by atoms with Crippen molar-refractivity contribution in [3.63, 3.8) is 0 Å². The van der Waals surface area contributed by atoms with Crippen LogP contribution in [0.3, 0.4) is 0 Å². The van der Waals surface area contributed by atoms with E-state index in [1.165, 1.54) is 0 Å². The molecule has 0 aliphatic carbocycles. The highest BCUT2D eigenvalue weighted by Gasteiger charge is 2.09. The van der Waals surface area contributed by atoms with Gasteiger partial charge < -0.3 is 0 Å². The first kappa shape index (κ1) is 5.50. The van der Waals surface area contributed by atoms with E-state index in [-0.39, 0.29) is 0 Å². The van der Waals surface area contributed by atoms with Crippen LogP contribution in [0, 0.1) is 0 Å². The van der Waals surface area contributed by atoms with Crippen molar-refractivity contribution >= 4 is 0 Å². The fraction of sp³-hybridized carbons (Fsp3) is 1.00. The summed E-state index contributed by atoms with van der Waals surface area (Å²) in [7, 11) is 0. The maximum atomic E-state index is 3.73. The number of hydrogen-bond acceptors (Lipinski definition) is 4. The van der Waals surface area contributed by atoms with E-state index in [2.05, 4.69) is 29.7 Å². The molecule has 4 heteroatoms. The highest BCUT2D eigenvalue weighted by atomic mass is 15.8. The first-order chi connectivity index (χ1) is 3.80. The van der Waals surface area contributed by atoms with E-state index in [0.29, 0.717) is 12.7 Å². The molecule has 1 N–H and O–H groups in total. The van der Waals surface area contributed by atoms with E-state index < -0.39 is 0 Å². The van der Waals surface area contributed by atoms with Crippen molar-refractivity contribution in [1.29, 1.82) is 0 Å². The second-order valence-corrected chi connectivity index (χ2v) is 2.05. The zero-order chi connectivity index (χ0) is 5.98. The molecule has 0 unspecified atom stereocenters. The molecule has 0 saturated heterocycles. The summed E-state index contributed by atoms with van der Waals surface area (Å²) in [6.45, 7) is 4.85. The summed E-state index contributed by atoms with van der Waals surface area (Å²) in [5, 5.41) is 9.26. The van der Waals surface area contributed by atoms with Crippen LogP contribution in [0.15, 0.2) is 10.3 Å². The fourth-order valence-electron chi connectivity index (χ4n) is 0.499. The highest BCUT2D eigenvalue weighted by molar-refractivity contribution is 4.55. The molecule has 0 aromatic rings. The molecule has 0 saturated carbocycles. The number of hydrazine groups is 1. The third kappa shape index (κ3) is 0.949. The van der Waals surface area contributed by atoms with E-state index >= 15 is 0 Å². The molecule has 1 rings (SSSR count). The van der Waals surface area contributed by atoms with Crippen LogP contribution in [0.4, 0.5) is 0 Å². The number of hydrogen-bond donors (Lipinski definition) is 1. The van der Waals surface area contributed by atoms with Crippen LogP contribution in [0.1, 0.15) is 13.8 Å². The number of nitrogens with zero attached hydrogens (tertiary/aromatic N) is 3. The molecule has 1 heterocycles. The molecule has 46 valence electrons. The van der Waals surface area contributed by atoms with Crippen LogP contribution in [0.5, 0.6) is 0 Å². The molecule has 8 heavy (non-hydrogen) atoms. The van der Waals surface area contributed by atoms with Gasteiger partial charge in [0.15, 0.2) is 0 Å². The van der Waals surface area contributed by atoms with Crippen molar-refractivity contribution < 1.29 is 0 Å². The second kappa shape index (κ2) is 2.09. The van der Waals surface area contributed by atoms with Crippen LogP contribution in [-0.2, 0) is 0 Å². The Kier molecular flexibility index (Phi) is 1.43. The SMILES string of the molecule is CC(C)N1CN=NN1. The smallest absolute Gasteiger partial charge is 0.133 e. The van der Waals surface area contributed by atoms with Crippen LogP contribution < -0.4 is 5.53 Å². The minimum absolute atomic E-state index is 0.477. The van der Waals surface area contributed by atoms with Crippen molar-refractivity contribution in [3.05, 3.63) is 0 Å². The Bertz CT molecular complexity index is 90.2. The zero-order valence-electron chi connectivity index (χ0n) is 5.13. The first-order valence-electron chi connectivity index (χ1n) is 2.69. The molecule has 0 atom stereocenters. The summed E-state index contributed by atoms with van der Waals surface area (Å²) in [5.41, 5.74) is 2.75. The summed E-state index contributed by atoms with van der Waals surface area (Å²) in [5.74, 6) is 0. The van der Waals surface area contributed by atoms with Gasteiger partial charge in [0, 0.05) is 6.04 Å². The van der Waals surface area contributed by atoms with E-state index in [9.17, 15) is 0 Å². The summed E-state index contributed by atoms with van der Waals surface area (Å²) < 4.78 is 0. The maximum absolute atomic E-state index is 3.73. The Balaban J connectivity index is 2.29. The Morgan fingerprint density at radius 2 is 2.38 bits per heavy atom. The third-order valence-corrected chi connectivity index (χ3v) is 1.08. The fourth-order valence-corrected chi connectivity index (χ4v) is 0.499. The van der Waals surface area contributed by atoms with E-state index in [4.69, 9.17) is 0 Å². The van der Waals surface area contributed by atoms with Gasteiger partial charge in [-0.2, -0.15) is 10.1 Å². The summed E-state index contributed by atoms with van der Waals surface area (Å²) >= 11 is 0. The molecule has 1 aliphatic heterocycles. The number of rotatable bonds is 1. The predicted molar refractivity (Wildman–Crippen MR) is 29.8 cm³/mol. The summed E-state index contributed by atoms with van der Waals surface area (Å²) in [4.78, 5) is 0. The van der Waals surface area contributed by atoms with Crippen molar-refractivity contribution in [2.45, 2.75) is 19.9 Å². The molecule has 0 bridgehead atoms. The molecule has 0 radical (unpaired) electrons. The molecule has 4 nitrogen and oxygen atoms in total. The van der Waals surface area contributed by atoms with Gasteiger partial charge in [-0.1, -0.05) is 5.22 Å². The van der Waals surface area contributed by atoms with Gasteiger partial charge in [-0.25, -0.2) is 5.53 Å². The lowest BCUT2D eigenvalue weighted by Gasteiger charge is -2.15. The second-order valence-electron chi connectivity index (χ2n) is 2.05. The standard InChI is InChI=1S/C4H10N4/c1-4(2)8-3-5-6-7-8/h4H,3H2,1-2H3,(H,5,7). The van der Waals surface area contributed by atoms with E-state index in [1.54, 1.807) is 0 Å². The monoisotopic (exact) mass is 114 g/mol. The molecule has 0 spiro atoms. The lowest BCUT2D eigenvalue weighted by Crippen LogP contribution is -2.35. The van der Waals surface area contributed by atoms with Gasteiger partial charge in [0.2, 0.25) is 0 Å². The first-order valence-corrected chi connectivity index (χ1v) is 2.69. The topological polar surface area (TPSA) is 40.0 Å². The average Bonchev–Trinajstić information content (AvgIpc) is 2.12. The van der Waals surface area contributed by atoms with Crippen molar-refractivity contribution in [2.75, 3.05) is 6.67 Å². The van der Waals surface area contributed by atoms with Gasteiger partial charge in [-0.05, 0) is 13.8 Å². The third-order valence-electron chi connectivity index (χ3n) is 1.08. The Morgan fingerprint density at radius 3 is 2.62 bits per heavy atom. The van der Waals surface area contributed by atoms with Gasteiger partial charge >= 0.3 is 0 Å². The zero-order valence-corrected chi connectivity index (χ0v) is 5.13. The average molecular weight is 114 g/mol. The summed E-state index contributed by atoms with van der Waals surface area (Å²) in [6.07, 6.45) is 0. The van der Waals surface area contributed by atoms with Gasteiger partial charge in [-0.15, -0.1) is 0 Å². The van der Waals surface area contributed by atoms with Crippen molar-refractivity contribution in [3.8, 4) is 0 Å². The van der Waals surface area contributed by atoms with Gasteiger partial charge in [0.1, 0.15) is 6.67 Å². The van der Waals surface area contributed by atoms with Crippen molar-refractivity contribution in [2.24, 2.45) is 10.3 Å². The van der Waals surface area contributed by atoms with Crippen LogP contribution in [0.2, 0.25) is 0 Å². The Hall–Kier alpha value is -0.640. The lowest BCUT2D eigenvalue weighted by molar-refractivity contribution is 0.186. The van der Waals surface area contributed by atoms with Gasteiger partial charge in [0.05, 0.1) is 0 Å². The Morgan fingerprint density at radius 1 is 1.62 bits per heavy atom. The largest absolute Gasteiger partial charge is 0.220 e. The molecule has 0 fully saturated rings. The molecule has 0 aromatic carbocycles. The lowest BCUT2D eigenvalue weighted by atomic mass is 10.4. The highest BCUT2D eigenvalue weighted by Crippen LogP contribution is 1.97. The minimum Gasteiger partial charge on any atom is -0.220 e. The maximum Gasteiger partial charge on any atom is 0.133 e. The van der Waals surface area contributed by atoms with Crippen molar-refractivity contribution in [1.82, 2.24) is 10.5 Å². The molecular weight excluding hydrogens is 104 g/mol. The molecular formula is C4H10N4. The molecule has 1 aliphatic rings. The van der Waals surface area contributed by atoms with Crippen LogP contribution in [-0.4, -0.2) is 17.7 Å². The van der Waals surface area contributed by atoms with Crippen LogP contribution in [0.25, 0.3) is 0 Å². The predicted octanol–water partition coefficient (Wildman–Crippen LogP) is 0.540. The summed E-state index contributed by atoms with van der Waals surface area (Å²) in [6, 6.07) is 0.477. The minimum atomic E-state index is 0.477. The van der Waals surface area contributed by atoms with E-state index in [0.717, 1.165) is 0 Å². The number of nitrogens with one attached hydrogen (secondary N) is 1. The quantitative estimate of drug-likeness (QED) is 0.540. The normalized spacial score (nSPS) is 19.9. The van der Waals surface area contributed by atoms with Crippen LogP contribution >= 0.6 is 0 Å².